The highest BCUT2D eigenvalue weighted by atomic mass is 32.1. The monoisotopic (exact) mass is 302 g/mol. The zero-order chi connectivity index (χ0) is 14.9. The predicted octanol–water partition coefficient (Wildman–Crippen LogP) is 5.32. The molecule has 3 heteroatoms. The number of hydrogen-bond donors (Lipinski definition) is 0. The lowest BCUT2D eigenvalue weighted by Gasteiger charge is -1.97. The minimum Gasteiger partial charge on any atom is -0.256 e. The van der Waals surface area contributed by atoms with Gasteiger partial charge in [-0.25, -0.2) is 4.98 Å². The van der Waals surface area contributed by atoms with Crippen LogP contribution in [0.3, 0.4) is 0 Å². The van der Waals surface area contributed by atoms with E-state index in [0.717, 1.165) is 27.0 Å². The van der Waals surface area contributed by atoms with Crippen LogP contribution in [0.1, 0.15) is 16.1 Å². The molecule has 0 radical (unpaired) electrons. The summed E-state index contributed by atoms with van der Waals surface area (Å²) in [6.45, 7) is 2.09. The SMILES string of the molecule is Cc1ccc2sc(/C=C/c3ccc4ncccc4c3)nc2c1. The fraction of sp³-hybridized carbons (Fsp3) is 0.0526. The summed E-state index contributed by atoms with van der Waals surface area (Å²) in [5, 5.41) is 2.19. The average Bonchev–Trinajstić information content (AvgIpc) is 2.94. The Labute approximate surface area is 132 Å². The van der Waals surface area contributed by atoms with Crippen LogP contribution in [0.25, 0.3) is 33.3 Å². The number of hydrogen-bond acceptors (Lipinski definition) is 3. The molecule has 2 heterocycles. The molecule has 0 spiro atoms. The molecule has 106 valence electrons. The summed E-state index contributed by atoms with van der Waals surface area (Å²) < 4.78 is 1.23. The molecule has 0 saturated heterocycles. The minimum atomic E-state index is 1.02. The Kier molecular flexibility index (Phi) is 3.20. The van der Waals surface area contributed by atoms with E-state index in [0.29, 0.717) is 0 Å². The van der Waals surface area contributed by atoms with Crippen LogP contribution in [0.4, 0.5) is 0 Å². The minimum absolute atomic E-state index is 1.02. The molecule has 0 aliphatic rings. The van der Waals surface area contributed by atoms with Crippen LogP contribution in [-0.4, -0.2) is 9.97 Å². The summed E-state index contributed by atoms with van der Waals surface area (Å²) in [5.41, 5.74) is 4.51. The average molecular weight is 302 g/mol. The second-order valence-corrected chi connectivity index (χ2v) is 6.37. The van der Waals surface area contributed by atoms with Crippen molar-refractivity contribution in [1.29, 1.82) is 0 Å². The van der Waals surface area contributed by atoms with E-state index < -0.39 is 0 Å². The number of benzene rings is 2. The first kappa shape index (κ1) is 13.2. The predicted molar refractivity (Wildman–Crippen MR) is 95.0 cm³/mol. The molecule has 0 N–H and O–H groups in total. The standard InChI is InChI=1S/C19H14N2S/c1-13-4-8-18-17(11-13)21-19(22-18)9-6-14-5-7-16-15(12-14)3-2-10-20-16/h2-12H,1H3/b9-6+. The lowest BCUT2D eigenvalue weighted by atomic mass is 10.1. The van der Waals surface area contributed by atoms with Crippen molar-refractivity contribution in [2.45, 2.75) is 6.92 Å². The van der Waals surface area contributed by atoms with Crippen molar-refractivity contribution in [2.24, 2.45) is 0 Å². The van der Waals surface area contributed by atoms with Gasteiger partial charge in [0.25, 0.3) is 0 Å². The Morgan fingerprint density at radius 1 is 0.955 bits per heavy atom. The van der Waals surface area contributed by atoms with Gasteiger partial charge in [0, 0.05) is 11.6 Å². The highest BCUT2D eigenvalue weighted by molar-refractivity contribution is 7.19. The van der Waals surface area contributed by atoms with Crippen molar-refractivity contribution < 1.29 is 0 Å². The van der Waals surface area contributed by atoms with E-state index in [-0.39, 0.29) is 0 Å². The summed E-state index contributed by atoms with van der Waals surface area (Å²) in [7, 11) is 0. The number of nitrogens with zero attached hydrogens (tertiary/aromatic N) is 2. The third-order valence-corrected chi connectivity index (χ3v) is 4.61. The molecule has 2 nitrogen and oxygen atoms in total. The van der Waals surface area contributed by atoms with Gasteiger partial charge in [-0.05, 0) is 54.5 Å². The fourth-order valence-corrected chi connectivity index (χ4v) is 3.34. The quantitative estimate of drug-likeness (QED) is 0.500. The van der Waals surface area contributed by atoms with Gasteiger partial charge in [-0.2, -0.15) is 0 Å². The maximum absolute atomic E-state index is 4.67. The second kappa shape index (κ2) is 5.35. The van der Waals surface area contributed by atoms with Crippen LogP contribution in [0.2, 0.25) is 0 Å². The van der Waals surface area contributed by atoms with Crippen molar-refractivity contribution in [3.05, 3.63) is 70.9 Å². The summed E-state index contributed by atoms with van der Waals surface area (Å²) in [6, 6.07) is 16.7. The number of rotatable bonds is 2. The van der Waals surface area contributed by atoms with Gasteiger partial charge in [0.15, 0.2) is 0 Å². The molecule has 0 amide bonds. The summed E-state index contributed by atoms with van der Waals surface area (Å²) >= 11 is 1.72. The molecule has 2 aromatic heterocycles. The van der Waals surface area contributed by atoms with Crippen LogP contribution in [0.5, 0.6) is 0 Å². The summed E-state index contributed by atoms with van der Waals surface area (Å²) in [5.74, 6) is 0. The summed E-state index contributed by atoms with van der Waals surface area (Å²) in [4.78, 5) is 9.01. The first-order valence-electron chi connectivity index (χ1n) is 7.18. The van der Waals surface area contributed by atoms with Gasteiger partial charge in [0.05, 0.1) is 15.7 Å². The third-order valence-electron chi connectivity index (χ3n) is 3.61. The van der Waals surface area contributed by atoms with Crippen LogP contribution < -0.4 is 0 Å². The first-order valence-corrected chi connectivity index (χ1v) is 8.00. The van der Waals surface area contributed by atoms with E-state index in [2.05, 4.69) is 71.5 Å². The number of aryl methyl sites for hydroxylation is 1. The van der Waals surface area contributed by atoms with E-state index in [4.69, 9.17) is 0 Å². The van der Waals surface area contributed by atoms with Gasteiger partial charge in [0.1, 0.15) is 5.01 Å². The molecule has 0 unspecified atom stereocenters. The number of fused-ring (bicyclic) bond motifs is 2. The van der Waals surface area contributed by atoms with Gasteiger partial charge in [-0.15, -0.1) is 11.3 Å². The molecular formula is C19H14N2S. The van der Waals surface area contributed by atoms with E-state index in [1.807, 2.05) is 12.3 Å². The molecular weight excluding hydrogens is 288 g/mol. The molecule has 0 atom stereocenters. The van der Waals surface area contributed by atoms with Gasteiger partial charge in [0.2, 0.25) is 0 Å². The second-order valence-electron chi connectivity index (χ2n) is 5.31. The smallest absolute Gasteiger partial charge is 0.117 e. The van der Waals surface area contributed by atoms with Crippen molar-refractivity contribution in [1.82, 2.24) is 9.97 Å². The van der Waals surface area contributed by atoms with Gasteiger partial charge >= 0.3 is 0 Å². The van der Waals surface area contributed by atoms with Crippen LogP contribution in [-0.2, 0) is 0 Å². The van der Waals surface area contributed by atoms with Crippen molar-refractivity contribution in [2.75, 3.05) is 0 Å². The van der Waals surface area contributed by atoms with Gasteiger partial charge in [-0.3, -0.25) is 4.98 Å². The number of aromatic nitrogens is 2. The third kappa shape index (κ3) is 2.51. The Balaban J connectivity index is 1.68. The molecule has 0 aliphatic heterocycles. The highest BCUT2D eigenvalue weighted by Gasteiger charge is 2.01. The lowest BCUT2D eigenvalue weighted by molar-refractivity contribution is 1.41. The number of thiazole rings is 1. The molecule has 4 rings (SSSR count). The molecule has 4 aromatic rings. The van der Waals surface area contributed by atoms with Crippen LogP contribution in [0.15, 0.2) is 54.7 Å². The Hall–Kier alpha value is -2.52. The van der Waals surface area contributed by atoms with E-state index >= 15 is 0 Å². The van der Waals surface area contributed by atoms with Crippen LogP contribution in [0, 0.1) is 6.92 Å². The first-order chi connectivity index (χ1) is 10.8. The molecule has 0 fully saturated rings. The molecule has 2 aromatic carbocycles. The van der Waals surface area contributed by atoms with Gasteiger partial charge < -0.3 is 0 Å². The molecule has 0 aliphatic carbocycles. The highest BCUT2D eigenvalue weighted by Crippen LogP contribution is 2.24. The molecule has 0 bridgehead atoms. The number of pyridine rings is 1. The maximum Gasteiger partial charge on any atom is 0.117 e. The maximum atomic E-state index is 4.67. The zero-order valence-corrected chi connectivity index (χ0v) is 13.0. The normalized spacial score (nSPS) is 11.7. The molecule has 22 heavy (non-hydrogen) atoms. The molecule has 0 saturated carbocycles. The van der Waals surface area contributed by atoms with E-state index in [9.17, 15) is 0 Å². The topological polar surface area (TPSA) is 25.8 Å². The van der Waals surface area contributed by atoms with Crippen molar-refractivity contribution >= 4 is 44.6 Å². The van der Waals surface area contributed by atoms with Crippen molar-refractivity contribution in [3.63, 3.8) is 0 Å². The fourth-order valence-electron chi connectivity index (χ4n) is 2.49. The van der Waals surface area contributed by atoms with Crippen molar-refractivity contribution in [3.8, 4) is 0 Å². The summed E-state index contributed by atoms with van der Waals surface area (Å²) in [6.07, 6.45) is 6.01. The Bertz CT molecular complexity index is 999. The van der Waals surface area contributed by atoms with Gasteiger partial charge in [-0.1, -0.05) is 24.3 Å². The Morgan fingerprint density at radius 3 is 2.86 bits per heavy atom. The largest absolute Gasteiger partial charge is 0.256 e. The van der Waals surface area contributed by atoms with E-state index in [1.54, 1.807) is 11.3 Å². The zero-order valence-electron chi connectivity index (χ0n) is 12.2. The lowest BCUT2D eigenvalue weighted by Crippen LogP contribution is -1.78. The van der Waals surface area contributed by atoms with Crippen LogP contribution >= 0.6 is 11.3 Å². The van der Waals surface area contributed by atoms with E-state index in [1.165, 1.54) is 10.3 Å². The Morgan fingerprint density at radius 2 is 1.91 bits per heavy atom.